The minimum atomic E-state index is -0.137. The first kappa shape index (κ1) is 21.0. The normalized spacial score (nSPS) is 17.7. The second kappa shape index (κ2) is 10.8. The van der Waals surface area contributed by atoms with Crippen molar-refractivity contribution < 1.29 is 9.53 Å². The zero-order valence-electron chi connectivity index (χ0n) is 16.1. The molecule has 0 aliphatic carbocycles. The van der Waals surface area contributed by atoms with Crippen molar-refractivity contribution in [3.8, 4) is 0 Å². The van der Waals surface area contributed by atoms with E-state index in [2.05, 4.69) is 29.4 Å². The predicted octanol–water partition coefficient (Wildman–Crippen LogP) is 3.84. The van der Waals surface area contributed by atoms with Crippen LogP contribution in [0.1, 0.15) is 45.2 Å². The Labute approximate surface area is 162 Å². The van der Waals surface area contributed by atoms with E-state index in [0.717, 1.165) is 44.7 Å². The third kappa shape index (κ3) is 6.15. The van der Waals surface area contributed by atoms with Gasteiger partial charge >= 0.3 is 6.03 Å². The summed E-state index contributed by atoms with van der Waals surface area (Å²) in [5, 5.41) is 6.76. The quantitative estimate of drug-likeness (QED) is 0.719. The SMILES string of the molecule is CCC(CC)C(CNC(=O)NC(C)c1cccc(Cl)c1)N1CCOCC1. The van der Waals surface area contributed by atoms with Crippen LogP contribution in [-0.2, 0) is 4.74 Å². The van der Waals surface area contributed by atoms with Crippen molar-refractivity contribution in [3.63, 3.8) is 0 Å². The Kier molecular flexibility index (Phi) is 8.69. The minimum Gasteiger partial charge on any atom is -0.379 e. The summed E-state index contributed by atoms with van der Waals surface area (Å²) in [4.78, 5) is 14.9. The topological polar surface area (TPSA) is 53.6 Å². The molecule has 6 heteroatoms. The lowest BCUT2D eigenvalue weighted by Gasteiger charge is -2.38. The number of halogens is 1. The molecule has 1 aliphatic heterocycles. The molecule has 26 heavy (non-hydrogen) atoms. The van der Waals surface area contributed by atoms with Crippen molar-refractivity contribution in [1.29, 1.82) is 0 Å². The van der Waals surface area contributed by atoms with Crippen LogP contribution in [0.4, 0.5) is 4.79 Å². The summed E-state index contributed by atoms with van der Waals surface area (Å²) in [6, 6.07) is 7.70. The van der Waals surface area contributed by atoms with Crippen LogP contribution in [0.3, 0.4) is 0 Å². The van der Waals surface area contributed by atoms with E-state index in [4.69, 9.17) is 16.3 Å². The second-order valence-corrected chi connectivity index (χ2v) is 7.36. The summed E-state index contributed by atoms with van der Waals surface area (Å²) in [6.07, 6.45) is 2.22. The first-order valence-electron chi connectivity index (χ1n) is 9.66. The molecule has 5 nitrogen and oxygen atoms in total. The Morgan fingerprint density at radius 3 is 2.58 bits per heavy atom. The largest absolute Gasteiger partial charge is 0.379 e. The second-order valence-electron chi connectivity index (χ2n) is 6.92. The number of hydrogen-bond acceptors (Lipinski definition) is 3. The van der Waals surface area contributed by atoms with Crippen LogP contribution in [0.15, 0.2) is 24.3 Å². The molecule has 146 valence electrons. The number of morpholine rings is 1. The molecule has 2 amide bonds. The third-order valence-electron chi connectivity index (χ3n) is 5.28. The molecule has 0 spiro atoms. The number of hydrogen-bond donors (Lipinski definition) is 2. The number of ether oxygens (including phenoxy) is 1. The van der Waals surface area contributed by atoms with Crippen LogP contribution in [0.2, 0.25) is 5.02 Å². The van der Waals surface area contributed by atoms with Gasteiger partial charge in [-0.05, 0) is 30.5 Å². The van der Waals surface area contributed by atoms with Crippen molar-refractivity contribution in [1.82, 2.24) is 15.5 Å². The van der Waals surface area contributed by atoms with Crippen LogP contribution in [0, 0.1) is 5.92 Å². The van der Waals surface area contributed by atoms with Crippen LogP contribution in [0.5, 0.6) is 0 Å². The zero-order chi connectivity index (χ0) is 18.9. The van der Waals surface area contributed by atoms with E-state index < -0.39 is 0 Å². The number of amides is 2. The molecule has 1 aromatic rings. The highest BCUT2D eigenvalue weighted by atomic mass is 35.5. The molecule has 0 bridgehead atoms. The van der Waals surface area contributed by atoms with Gasteiger partial charge in [-0.15, -0.1) is 0 Å². The summed E-state index contributed by atoms with van der Waals surface area (Å²) in [7, 11) is 0. The predicted molar refractivity (Wildman–Crippen MR) is 107 cm³/mol. The maximum Gasteiger partial charge on any atom is 0.315 e. The molecular formula is C20H32ClN3O2. The van der Waals surface area contributed by atoms with Gasteiger partial charge in [0.1, 0.15) is 0 Å². The van der Waals surface area contributed by atoms with Gasteiger partial charge in [0.15, 0.2) is 0 Å². The van der Waals surface area contributed by atoms with Crippen LogP contribution in [0.25, 0.3) is 0 Å². The zero-order valence-corrected chi connectivity index (χ0v) is 16.9. The standard InChI is InChI=1S/C20H32ClN3O2/c1-4-16(5-2)19(24-9-11-26-12-10-24)14-22-20(25)23-15(3)17-7-6-8-18(21)13-17/h6-8,13,15-16,19H,4-5,9-12,14H2,1-3H3,(H2,22,23,25). The fourth-order valence-corrected chi connectivity index (χ4v) is 3.84. The van der Waals surface area contributed by atoms with Gasteiger partial charge in [0.05, 0.1) is 19.3 Å². The lowest BCUT2D eigenvalue weighted by atomic mass is 9.92. The first-order chi connectivity index (χ1) is 12.5. The van der Waals surface area contributed by atoms with Crippen LogP contribution < -0.4 is 10.6 Å². The molecule has 1 aromatic carbocycles. The Morgan fingerprint density at radius 1 is 1.27 bits per heavy atom. The average molecular weight is 382 g/mol. The van der Waals surface area contributed by atoms with Gasteiger partial charge in [-0.3, -0.25) is 4.90 Å². The van der Waals surface area contributed by atoms with Gasteiger partial charge in [0, 0.05) is 30.7 Å². The van der Waals surface area contributed by atoms with E-state index in [-0.39, 0.29) is 12.1 Å². The van der Waals surface area contributed by atoms with Crippen LogP contribution >= 0.6 is 11.6 Å². The molecule has 2 atom stereocenters. The third-order valence-corrected chi connectivity index (χ3v) is 5.51. The summed E-state index contributed by atoms with van der Waals surface area (Å²) >= 11 is 6.04. The molecule has 1 heterocycles. The molecule has 2 unspecified atom stereocenters. The smallest absolute Gasteiger partial charge is 0.315 e. The molecule has 1 aliphatic rings. The van der Waals surface area contributed by atoms with Gasteiger partial charge < -0.3 is 15.4 Å². The maximum absolute atomic E-state index is 12.4. The number of nitrogens with one attached hydrogen (secondary N) is 2. The first-order valence-corrected chi connectivity index (χ1v) is 10.0. The molecule has 0 aromatic heterocycles. The van der Waals surface area contributed by atoms with Crippen molar-refractivity contribution in [2.75, 3.05) is 32.8 Å². The average Bonchev–Trinajstić information content (AvgIpc) is 2.65. The van der Waals surface area contributed by atoms with E-state index in [1.165, 1.54) is 0 Å². The molecule has 0 radical (unpaired) electrons. The van der Waals surface area contributed by atoms with Crippen molar-refractivity contribution in [3.05, 3.63) is 34.9 Å². The van der Waals surface area contributed by atoms with Gasteiger partial charge in [-0.2, -0.15) is 0 Å². The lowest BCUT2D eigenvalue weighted by Crippen LogP contribution is -2.53. The Hall–Kier alpha value is -1.30. The van der Waals surface area contributed by atoms with E-state index in [1.54, 1.807) is 0 Å². The molecule has 2 rings (SSSR count). The number of nitrogens with zero attached hydrogens (tertiary/aromatic N) is 1. The van der Waals surface area contributed by atoms with Gasteiger partial charge in [-0.1, -0.05) is 50.4 Å². The fraction of sp³-hybridized carbons (Fsp3) is 0.650. The van der Waals surface area contributed by atoms with Gasteiger partial charge in [0.25, 0.3) is 0 Å². The highest BCUT2D eigenvalue weighted by Crippen LogP contribution is 2.20. The Bertz CT molecular complexity index is 560. The van der Waals surface area contributed by atoms with Crippen molar-refractivity contribution in [2.24, 2.45) is 5.92 Å². The summed E-state index contributed by atoms with van der Waals surface area (Å²) < 4.78 is 5.48. The minimum absolute atomic E-state index is 0.0938. The van der Waals surface area contributed by atoms with Crippen LogP contribution in [-0.4, -0.2) is 49.8 Å². The summed E-state index contributed by atoms with van der Waals surface area (Å²) in [5.41, 5.74) is 0.998. The summed E-state index contributed by atoms with van der Waals surface area (Å²) in [5.74, 6) is 0.568. The number of benzene rings is 1. The van der Waals surface area contributed by atoms with Gasteiger partial charge in [-0.25, -0.2) is 4.79 Å². The van der Waals surface area contributed by atoms with Crippen molar-refractivity contribution >= 4 is 17.6 Å². The highest BCUT2D eigenvalue weighted by Gasteiger charge is 2.27. The molecule has 2 N–H and O–H groups in total. The number of carbonyl (C=O) groups is 1. The number of urea groups is 1. The number of rotatable bonds is 8. The fourth-order valence-electron chi connectivity index (χ4n) is 3.64. The van der Waals surface area contributed by atoms with E-state index in [1.807, 2.05) is 31.2 Å². The summed E-state index contributed by atoms with van der Waals surface area (Å²) in [6.45, 7) is 10.5. The van der Waals surface area contributed by atoms with E-state index >= 15 is 0 Å². The Balaban J connectivity index is 1.90. The van der Waals surface area contributed by atoms with E-state index in [9.17, 15) is 4.79 Å². The molecule has 1 saturated heterocycles. The highest BCUT2D eigenvalue weighted by molar-refractivity contribution is 6.30. The monoisotopic (exact) mass is 381 g/mol. The van der Waals surface area contributed by atoms with E-state index in [0.29, 0.717) is 23.5 Å². The Morgan fingerprint density at radius 2 is 1.96 bits per heavy atom. The number of carbonyl (C=O) groups excluding carboxylic acids is 1. The van der Waals surface area contributed by atoms with Crippen molar-refractivity contribution in [2.45, 2.75) is 45.7 Å². The van der Waals surface area contributed by atoms with Gasteiger partial charge in [0.2, 0.25) is 0 Å². The molecule has 1 fully saturated rings. The molecule has 0 saturated carbocycles. The maximum atomic E-state index is 12.4. The lowest BCUT2D eigenvalue weighted by molar-refractivity contribution is 0.00236. The molecular weight excluding hydrogens is 350 g/mol.